The van der Waals surface area contributed by atoms with Gasteiger partial charge in [0.1, 0.15) is 0 Å². The second-order valence-electron chi connectivity index (χ2n) is 4.21. The lowest BCUT2D eigenvalue weighted by atomic mass is 10.1. The minimum absolute atomic E-state index is 0.294. The molecular weight excluding hydrogens is 216 g/mol. The molecule has 0 aliphatic rings. The summed E-state index contributed by atoms with van der Waals surface area (Å²) in [7, 11) is 1.75. The quantitative estimate of drug-likeness (QED) is 0.752. The van der Waals surface area contributed by atoms with Crippen LogP contribution >= 0.6 is 0 Å². The van der Waals surface area contributed by atoms with Crippen molar-refractivity contribution < 1.29 is 4.74 Å². The molecule has 1 heterocycles. The van der Waals surface area contributed by atoms with Crippen LogP contribution in [0.2, 0.25) is 0 Å². The van der Waals surface area contributed by atoms with Crippen molar-refractivity contribution >= 4 is 0 Å². The molecule has 1 aromatic rings. The molecule has 0 bridgehead atoms. The summed E-state index contributed by atoms with van der Waals surface area (Å²) >= 11 is 0. The molecule has 0 amide bonds. The zero-order valence-electron chi connectivity index (χ0n) is 11.3. The van der Waals surface area contributed by atoms with Crippen molar-refractivity contribution in [3.63, 3.8) is 0 Å². The predicted octanol–water partition coefficient (Wildman–Crippen LogP) is 1.76. The van der Waals surface area contributed by atoms with E-state index in [-0.39, 0.29) is 0 Å². The first-order valence-corrected chi connectivity index (χ1v) is 6.37. The van der Waals surface area contributed by atoms with E-state index in [2.05, 4.69) is 36.4 Å². The fourth-order valence-electron chi connectivity index (χ4n) is 1.90. The van der Waals surface area contributed by atoms with Gasteiger partial charge in [-0.2, -0.15) is 0 Å². The van der Waals surface area contributed by atoms with Crippen molar-refractivity contribution in [2.45, 2.75) is 52.3 Å². The van der Waals surface area contributed by atoms with Crippen molar-refractivity contribution in [1.82, 2.24) is 20.3 Å². The maximum atomic E-state index is 5.29. The molecule has 2 unspecified atom stereocenters. The monoisotopic (exact) mass is 240 g/mol. The molecule has 0 aliphatic heterocycles. The molecule has 0 aromatic carbocycles. The Bertz CT molecular complexity index is 313. The highest BCUT2D eigenvalue weighted by Gasteiger charge is 2.16. The standard InChI is InChI=1S/C12H24N4O/c1-5-13-11(8-7-10(3)17-4)12-9-14-15-16(12)6-2/h9-11,13H,5-8H2,1-4H3. The first-order chi connectivity index (χ1) is 8.22. The minimum Gasteiger partial charge on any atom is -0.382 e. The van der Waals surface area contributed by atoms with Crippen LogP contribution in [0.25, 0.3) is 0 Å². The van der Waals surface area contributed by atoms with E-state index in [1.165, 1.54) is 0 Å². The van der Waals surface area contributed by atoms with Crippen LogP contribution < -0.4 is 5.32 Å². The molecule has 0 fully saturated rings. The topological polar surface area (TPSA) is 52.0 Å². The van der Waals surface area contributed by atoms with Crippen LogP contribution in [-0.2, 0) is 11.3 Å². The highest BCUT2D eigenvalue weighted by atomic mass is 16.5. The summed E-state index contributed by atoms with van der Waals surface area (Å²) in [6.45, 7) is 8.10. The van der Waals surface area contributed by atoms with E-state index in [0.29, 0.717) is 12.1 Å². The molecule has 1 rings (SSSR count). The average molecular weight is 240 g/mol. The summed E-state index contributed by atoms with van der Waals surface area (Å²) in [4.78, 5) is 0. The van der Waals surface area contributed by atoms with Gasteiger partial charge in [0, 0.05) is 13.7 Å². The van der Waals surface area contributed by atoms with Gasteiger partial charge in [-0.3, -0.25) is 0 Å². The van der Waals surface area contributed by atoms with Crippen LogP contribution in [0, 0.1) is 0 Å². The third kappa shape index (κ3) is 4.09. The number of rotatable bonds is 8. The van der Waals surface area contributed by atoms with Crippen LogP contribution in [0.5, 0.6) is 0 Å². The number of aryl methyl sites for hydroxylation is 1. The zero-order chi connectivity index (χ0) is 12.7. The van der Waals surface area contributed by atoms with Crippen molar-refractivity contribution in [2.24, 2.45) is 0 Å². The van der Waals surface area contributed by atoms with Gasteiger partial charge < -0.3 is 10.1 Å². The second-order valence-corrected chi connectivity index (χ2v) is 4.21. The summed E-state index contributed by atoms with van der Waals surface area (Å²) in [6.07, 6.45) is 4.22. The number of hydrogen-bond acceptors (Lipinski definition) is 4. The molecule has 0 radical (unpaired) electrons. The van der Waals surface area contributed by atoms with Crippen LogP contribution in [0.15, 0.2) is 6.20 Å². The van der Waals surface area contributed by atoms with Gasteiger partial charge in [0.2, 0.25) is 0 Å². The third-order valence-electron chi connectivity index (χ3n) is 3.02. The molecule has 1 N–H and O–H groups in total. The van der Waals surface area contributed by atoms with Crippen LogP contribution in [0.1, 0.15) is 45.3 Å². The third-order valence-corrected chi connectivity index (χ3v) is 3.02. The summed E-state index contributed by atoms with van der Waals surface area (Å²) in [6, 6.07) is 0.313. The van der Waals surface area contributed by atoms with Gasteiger partial charge >= 0.3 is 0 Å². The Hall–Kier alpha value is -0.940. The van der Waals surface area contributed by atoms with Crippen molar-refractivity contribution in [3.8, 4) is 0 Å². The largest absolute Gasteiger partial charge is 0.382 e. The highest BCUT2D eigenvalue weighted by molar-refractivity contribution is 5.02. The second kappa shape index (κ2) is 7.40. The van der Waals surface area contributed by atoms with Gasteiger partial charge in [-0.1, -0.05) is 12.1 Å². The fraction of sp³-hybridized carbons (Fsp3) is 0.833. The van der Waals surface area contributed by atoms with Crippen molar-refractivity contribution in [2.75, 3.05) is 13.7 Å². The lowest BCUT2D eigenvalue weighted by Gasteiger charge is -2.19. The number of nitrogens with zero attached hydrogens (tertiary/aromatic N) is 3. The first-order valence-electron chi connectivity index (χ1n) is 6.37. The molecule has 0 aliphatic carbocycles. The molecule has 5 nitrogen and oxygen atoms in total. The summed E-state index contributed by atoms with van der Waals surface area (Å²) in [5, 5.41) is 11.5. The number of aromatic nitrogens is 3. The smallest absolute Gasteiger partial charge is 0.0756 e. The van der Waals surface area contributed by atoms with Crippen LogP contribution in [-0.4, -0.2) is 34.8 Å². The van der Waals surface area contributed by atoms with Crippen molar-refractivity contribution in [1.29, 1.82) is 0 Å². The Morgan fingerprint density at radius 1 is 1.41 bits per heavy atom. The number of methoxy groups -OCH3 is 1. The van der Waals surface area contributed by atoms with E-state index in [1.807, 2.05) is 10.9 Å². The van der Waals surface area contributed by atoms with E-state index in [0.717, 1.165) is 31.6 Å². The normalized spacial score (nSPS) is 14.8. The van der Waals surface area contributed by atoms with E-state index in [1.54, 1.807) is 7.11 Å². The summed E-state index contributed by atoms with van der Waals surface area (Å²) < 4.78 is 7.24. The van der Waals surface area contributed by atoms with Gasteiger partial charge in [0.25, 0.3) is 0 Å². The average Bonchev–Trinajstić information content (AvgIpc) is 2.82. The van der Waals surface area contributed by atoms with Crippen LogP contribution in [0.4, 0.5) is 0 Å². The SMILES string of the molecule is CCNC(CCC(C)OC)c1cnnn1CC. The summed E-state index contributed by atoms with van der Waals surface area (Å²) in [5.41, 5.74) is 1.16. The Balaban J connectivity index is 2.64. The Kier molecular flexibility index (Phi) is 6.15. The lowest BCUT2D eigenvalue weighted by molar-refractivity contribution is 0.106. The van der Waals surface area contributed by atoms with Crippen molar-refractivity contribution in [3.05, 3.63) is 11.9 Å². The highest BCUT2D eigenvalue weighted by Crippen LogP contribution is 2.19. The summed E-state index contributed by atoms with van der Waals surface area (Å²) in [5.74, 6) is 0. The van der Waals surface area contributed by atoms with Gasteiger partial charge in [-0.25, -0.2) is 4.68 Å². The molecule has 1 aromatic heterocycles. The minimum atomic E-state index is 0.294. The van der Waals surface area contributed by atoms with Gasteiger partial charge in [-0.15, -0.1) is 5.10 Å². The zero-order valence-corrected chi connectivity index (χ0v) is 11.3. The fourth-order valence-corrected chi connectivity index (χ4v) is 1.90. The maximum absolute atomic E-state index is 5.29. The Labute approximate surface area is 104 Å². The van der Waals surface area contributed by atoms with Gasteiger partial charge in [0.05, 0.1) is 24.0 Å². The molecule has 0 saturated carbocycles. The number of ether oxygens (including phenoxy) is 1. The molecule has 98 valence electrons. The molecule has 5 heteroatoms. The molecule has 0 spiro atoms. The lowest BCUT2D eigenvalue weighted by Crippen LogP contribution is -2.25. The predicted molar refractivity (Wildman–Crippen MR) is 67.8 cm³/mol. The van der Waals surface area contributed by atoms with E-state index in [4.69, 9.17) is 4.74 Å². The van der Waals surface area contributed by atoms with Gasteiger partial charge in [0.15, 0.2) is 0 Å². The Morgan fingerprint density at radius 2 is 2.18 bits per heavy atom. The molecule has 0 saturated heterocycles. The van der Waals surface area contributed by atoms with E-state index < -0.39 is 0 Å². The van der Waals surface area contributed by atoms with E-state index in [9.17, 15) is 0 Å². The number of hydrogen-bond donors (Lipinski definition) is 1. The molecule has 2 atom stereocenters. The van der Waals surface area contributed by atoms with Crippen LogP contribution in [0.3, 0.4) is 0 Å². The molecule has 17 heavy (non-hydrogen) atoms. The maximum Gasteiger partial charge on any atom is 0.0756 e. The van der Waals surface area contributed by atoms with Gasteiger partial charge in [-0.05, 0) is 33.2 Å². The van der Waals surface area contributed by atoms with E-state index >= 15 is 0 Å². The number of nitrogens with one attached hydrogen (secondary N) is 1. The first kappa shape index (κ1) is 14.1. The Morgan fingerprint density at radius 3 is 2.76 bits per heavy atom. The molecular formula is C12H24N4O.